The van der Waals surface area contributed by atoms with E-state index in [1.54, 1.807) is 6.08 Å². The van der Waals surface area contributed by atoms with Crippen LogP contribution in [-0.2, 0) is 9.59 Å². The van der Waals surface area contributed by atoms with Gasteiger partial charge in [-0.2, -0.15) is 0 Å². The maximum atomic E-state index is 13.0. The largest absolute Gasteiger partial charge is 0.490 e. The number of hydrogen-bond acceptors (Lipinski definition) is 6. The van der Waals surface area contributed by atoms with E-state index in [2.05, 4.69) is 13.8 Å². The molecule has 1 aliphatic rings. The molecule has 1 heterocycles. The number of thiocarbonyl (C=S) groups is 1. The zero-order valence-corrected chi connectivity index (χ0v) is 23.0. The molecule has 2 rings (SSSR count). The average Bonchev–Trinajstić information content (AvgIpc) is 3.08. The quantitative estimate of drug-likeness (QED) is 0.142. The Morgan fingerprint density at radius 1 is 1.09 bits per heavy atom. The van der Waals surface area contributed by atoms with E-state index >= 15 is 0 Å². The van der Waals surface area contributed by atoms with Gasteiger partial charge >= 0.3 is 5.97 Å². The molecule has 35 heavy (non-hydrogen) atoms. The number of aliphatic carboxylic acids is 1. The van der Waals surface area contributed by atoms with Crippen molar-refractivity contribution in [3.8, 4) is 11.5 Å². The van der Waals surface area contributed by atoms with Crippen molar-refractivity contribution in [2.75, 3.05) is 6.61 Å². The average molecular weight is 522 g/mol. The summed E-state index contributed by atoms with van der Waals surface area (Å²) in [6, 6.07) is 4.66. The molecule has 0 aromatic heterocycles. The van der Waals surface area contributed by atoms with Crippen molar-refractivity contribution >= 4 is 46.3 Å². The van der Waals surface area contributed by atoms with Crippen molar-refractivity contribution in [3.05, 3.63) is 28.7 Å². The van der Waals surface area contributed by atoms with E-state index in [9.17, 15) is 14.7 Å². The highest BCUT2D eigenvalue weighted by Crippen LogP contribution is 2.37. The first-order valence-electron chi connectivity index (χ1n) is 12.8. The molecule has 1 saturated heterocycles. The number of carboxylic acid groups (broad SMARTS) is 1. The molecule has 1 aromatic carbocycles. The second-order valence-corrected chi connectivity index (χ2v) is 10.5. The Morgan fingerprint density at radius 2 is 1.80 bits per heavy atom. The number of hydrogen-bond donors (Lipinski definition) is 1. The van der Waals surface area contributed by atoms with Crippen molar-refractivity contribution in [1.29, 1.82) is 0 Å². The van der Waals surface area contributed by atoms with Crippen molar-refractivity contribution in [2.24, 2.45) is 0 Å². The highest BCUT2D eigenvalue weighted by atomic mass is 32.2. The predicted molar refractivity (Wildman–Crippen MR) is 147 cm³/mol. The summed E-state index contributed by atoms with van der Waals surface area (Å²) < 4.78 is 12.3. The summed E-state index contributed by atoms with van der Waals surface area (Å²) in [6.45, 7) is 8.69. The van der Waals surface area contributed by atoms with Gasteiger partial charge in [-0.25, -0.2) is 4.79 Å². The summed E-state index contributed by atoms with van der Waals surface area (Å²) in [7, 11) is 0. The van der Waals surface area contributed by atoms with E-state index in [0.717, 1.165) is 36.6 Å². The van der Waals surface area contributed by atoms with Gasteiger partial charge in [0.25, 0.3) is 5.91 Å². The van der Waals surface area contributed by atoms with Crippen molar-refractivity contribution in [1.82, 2.24) is 4.90 Å². The number of ether oxygens (including phenoxy) is 2. The van der Waals surface area contributed by atoms with Crippen LogP contribution in [0.25, 0.3) is 6.08 Å². The zero-order valence-electron chi connectivity index (χ0n) is 21.4. The third-order valence-electron chi connectivity index (χ3n) is 5.86. The van der Waals surface area contributed by atoms with Gasteiger partial charge in [0.1, 0.15) is 10.4 Å². The second-order valence-electron chi connectivity index (χ2n) is 8.82. The molecule has 8 heteroatoms. The van der Waals surface area contributed by atoms with Crippen LogP contribution in [0.1, 0.15) is 91.0 Å². The molecule has 2 atom stereocenters. The Bertz CT molecular complexity index is 902. The molecule has 6 nitrogen and oxygen atoms in total. The third-order valence-corrected chi connectivity index (χ3v) is 7.19. The SMILES string of the molecule is CCCCCCC[C@H](C)Oc1ccc(/C=C2/SC(=S)N([C@@H](CCCC)C(=O)O)C2=O)cc1OCC. The number of nitrogens with zero attached hydrogens (tertiary/aromatic N) is 1. The Balaban J connectivity index is 2.14. The zero-order chi connectivity index (χ0) is 25.8. The number of carboxylic acids is 1. The lowest BCUT2D eigenvalue weighted by Gasteiger charge is -2.22. The van der Waals surface area contributed by atoms with Gasteiger partial charge in [0.15, 0.2) is 11.5 Å². The third kappa shape index (κ3) is 8.83. The smallest absolute Gasteiger partial charge is 0.326 e. The van der Waals surface area contributed by atoms with Gasteiger partial charge in [0.05, 0.1) is 17.6 Å². The molecule has 1 N–H and O–H groups in total. The standard InChI is InChI=1S/C27H39NO5S2/c1-5-8-10-11-12-13-19(4)33-22-16-15-20(17-23(22)32-7-3)18-24-25(29)28(27(34)35-24)21(26(30)31)14-9-6-2/h15-19,21H,5-14H2,1-4H3,(H,30,31)/b24-18+/t19-,21-/m0/s1. The van der Waals surface area contributed by atoms with Gasteiger partial charge in [-0.05, 0) is 56.9 Å². The fourth-order valence-corrected chi connectivity index (χ4v) is 5.31. The molecule has 0 saturated carbocycles. The van der Waals surface area contributed by atoms with Gasteiger partial charge in [0, 0.05) is 0 Å². The number of carbonyl (C=O) groups is 2. The second kappa shape index (κ2) is 15.1. The molecule has 0 spiro atoms. The van der Waals surface area contributed by atoms with Gasteiger partial charge in [-0.1, -0.05) is 82.4 Å². The first-order chi connectivity index (χ1) is 16.8. The van der Waals surface area contributed by atoms with Crippen LogP contribution in [-0.4, -0.2) is 45.0 Å². The number of amides is 1. The molecule has 0 radical (unpaired) electrons. The van der Waals surface area contributed by atoms with Crippen LogP contribution in [0.3, 0.4) is 0 Å². The van der Waals surface area contributed by atoms with E-state index in [4.69, 9.17) is 21.7 Å². The summed E-state index contributed by atoms with van der Waals surface area (Å²) in [5.41, 5.74) is 0.772. The molecule has 1 fully saturated rings. The minimum atomic E-state index is -1.03. The lowest BCUT2D eigenvalue weighted by atomic mass is 10.1. The number of carbonyl (C=O) groups excluding carboxylic acids is 1. The van der Waals surface area contributed by atoms with E-state index in [-0.39, 0.29) is 16.3 Å². The molecule has 0 bridgehead atoms. The molecular weight excluding hydrogens is 482 g/mol. The lowest BCUT2D eigenvalue weighted by molar-refractivity contribution is -0.145. The molecule has 1 aromatic rings. The van der Waals surface area contributed by atoms with Crippen LogP contribution < -0.4 is 9.47 Å². The van der Waals surface area contributed by atoms with Gasteiger partial charge < -0.3 is 14.6 Å². The monoisotopic (exact) mass is 521 g/mol. The molecular formula is C27H39NO5S2. The summed E-state index contributed by atoms with van der Waals surface area (Å²) >= 11 is 6.51. The van der Waals surface area contributed by atoms with E-state index in [0.29, 0.717) is 35.9 Å². The van der Waals surface area contributed by atoms with Crippen molar-refractivity contribution < 1.29 is 24.2 Å². The Kier molecular flexibility index (Phi) is 12.6. The van der Waals surface area contributed by atoms with Crippen LogP contribution in [0.5, 0.6) is 11.5 Å². The molecule has 1 aliphatic heterocycles. The Hall–Kier alpha value is -2.06. The Labute approximate surface area is 219 Å². The fraction of sp³-hybridized carbons (Fsp3) is 0.593. The number of benzene rings is 1. The van der Waals surface area contributed by atoms with Crippen LogP contribution in [0.4, 0.5) is 0 Å². The summed E-state index contributed by atoms with van der Waals surface area (Å²) in [5.74, 6) is -0.0851. The minimum absolute atomic E-state index is 0.0778. The van der Waals surface area contributed by atoms with Crippen molar-refractivity contribution in [3.63, 3.8) is 0 Å². The van der Waals surface area contributed by atoms with Gasteiger partial charge in [-0.15, -0.1) is 0 Å². The van der Waals surface area contributed by atoms with Crippen LogP contribution in [0, 0.1) is 0 Å². The summed E-state index contributed by atoms with van der Waals surface area (Å²) in [5, 5.41) is 9.65. The lowest BCUT2D eigenvalue weighted by Crippen LogP contribution is -2.43. The maximum absolute atomic E-state index is 13.0. The van der Waals surface area contributed by atoms with Crippen LogP contribution in [0.15, 0.2) is 23.1 Å². The minimum Gasteiger partial charge on any atom is -0.490 e. The maximum Gasteiger partial charge on any atom is 0.326 e. The Morgan fingerprint density at radius 3 is 2.46 bits per heavy atom. The molecule has 194 valence electrons. The van der Waals surface area contributed by atoms with Crippen molar-refractivity contribution in [2.45, 2.75) is 97.6 Å². The van der Waals surface area contributed by atoms with E-state index in [1.165, 1.54) is 30.6 Å². The first kappa shape index (κ1) is 29.2. The van der Waals surface area contributed by atoms with E-state index < -0.39 is 12.0 Å². The van der Waals surface area contributed by atoms with Crippen LogP contribution >= 0.6 is 24.0 Å². The molecule has 0 aliphatic carbocycles. The summed E-state index contributed by atoms with van der Waals surface area (Å²) in [4.78, 5) is 26.5. The fourth-order valence-electron chi connectivity index (χ4n) is 3.95. The van der Waals surface area contributed by atoms with Gasteiger partial charge in [0.2, 0.25) is 0 Å². The number of unbranched alkanes of at least 4 members (excludes halogenated alkanes) is 5. The highest BCUT2D eigenvalue weighted by Gasteiger charge is 2.40. The summed E-state index contributed by atoms with van der Waals surface area (Å²) in [6.07, 6.45) is 10.9. The predicted octanol–water partition coefficient (Wildman–Crippen LogP) is 7.06. The number of rotatable bonds is 16. The molecule has 0 unspecified atom stereocenters. The highest BCUT2D eigenvalue weighted by molar-refractivity contribution is 8.26. The van der Waals surface area contributed by atoms with E-state index in [1.807, 2.05) is 32.0 Å². The van der Waals surface area contributed by atoms with Crippen LogP contribution in [0.2, 0.25) is 0 Å². The van der Waals surface area contributed by atoms with Gasteiger partial charge in [-0.3, -0.25) is 9.69 Å². The molecule has 1 amide bonds. The topological polar surface area (TPSA) is 76.1 Å². The normalized spacial score (nSPS) is 16.6. The number of thioether (sulfide) groups is 1. The first-order valence-corrected chi connectivity index (χ1v) is 14.0.